The Labute approximate surface area is 212 Å². The first-order valence-corrected chi connectivity index (χ1v) is 11.4. The Kier molecular flexibility index (Phi) is 6.51. The molecule has 0 aromatic heterocycles. The highest BCUT2D eigenvalue weighted by Crippen LogP contribution is 2.53. The van der Waals surface area contributed by atoms with Crippen molar-refractivity contribution < 1.29 is 43.7 Å². The molecule has 2 amide bonds. The summed E-state index contributed by atoms with van der Waals surface area (Å²) in [7, 11) is 2.88. The minimum Gasteiger partial charge on any atom is -0.496 e. The number of hydrogen-bond donors (Lipinski definition) is 3. The van der Waals surface area contributed by atoms with Gasteiger partial charge in [0.15, 0.2) is 5.78 Å². The Morgan fingerprint density at radius 2 is 1.65 bits per heavy atom. The number of aliphatic carboxylic acids is 2. The molecule has 0 bridgehead atoms. The lowest BCUT2D eigenvalue weighted by Gasteiger charge is -2.30. The van der Waals surface area contributed by atoms with Crippen LogP contribution in [0, 0.1) is 18.8 Å². The number of ether oxygens (including phenoxy) is 2. The van der Waals surface area contributed by atoms with Crippen LogP contribution in [0.4, 0.5) is 5.69 Å². The van der Waals surface area contributed by atoms with E-state index in [0.717, 1.165) is 4.90 Å². The molecule has 4 unspecified atom stereocenters. The van der Waals surface area contributed by atoms with E-state index in [9.17, 15) is 34.2 Å². The molecule has 2 saturated heterocycles. The Morgan fingerprint density at radius 3 is 2.16 bits per heavy atom. The zero-order chi connectivity index (χ0) is 27.2. The molecule has 2 aromatic rings. The fourth-order valence-corrected chi connectivity index (χ4v) is 5.47. The molecule has 37 heavy (non-hydrogen) atoms. The third kappa shape index (κ3) is 3.91. The lowest BCUT2D eigenvalue weighted by atomic mass is 9.77. The van der Waals surface area contributed by atoms with E-state index < -0.39 is 53.6 Å². The second-order valence-electron chi connectivity index (χ2n) is 9.10. The van der Waals surface area contributed by atoms with Crippen LogP contribution < -0.4 is 19.7 Å². The first kappa shape index (κ1) is 25.8. The van der Waals surface area contributed by atoms with Crippen LogP contribution in [0.5, 0.6) is 11.5 Å². The number of nitrogens with zero attached hydrogens (tertiary/aromatic N) is 1. The van der Waals surface area contributed by atoms with Gasteiger partial charge in [0, 0.05) is 22.7 Å². The van der Waals surface area contributed by atoms with E-state index in [-0.39, 0.29) is 11.5 Å². The minimum atomic E-state index is -2.26. The molecule has 194 valence electrons. The highest BCUT2D eigenvalue weighted by molar-refractivity contribution is 6.24. The van der Waals surface area contributed by atoms with Gasteiger partial charge in [0.05, 0.1) is 38.2 Å². The first-order chi connectivity index (χ1) is 17.5. The van der Waals surface area contributed by atoms with Crippen LogP contribution in [-0.4, -0.2) is 59.5 Å². The quantitative estimate of drug-likeness (QED) is 0.354. The summed E-state index contributed by atoms with van der Waals surface area (Å²) in [6.45, 7) is 3.10. The van der Waals surface area contributed by atoms with Gasteiger partial charge >= 0.3 is 11.9 Å². The normalized spacial score (nSPS) is 24.6. The molecule has 3 N–H and O–H groups in total. The number of hydrogen-bond acceptors (Lipinski definition) is 8. The Balaban J connectivity index is 1.90. The lowest BCUT2D eigenvalue weighted by molar-refractivity contribution is -0.154. The number of Topliss-reactive ketones (excluding diaryl/α,β-unsaturated/α-hetero) is 1. The molecule has 11 nitrogen and oxygen atoms in total. The third-order valence-electron chi connectivity index (χ3n) is 7.14. The highest BCUT2D eigenvalue weighted by atomic mass is 16.5. The van der Waals surface area contributed by atoms with Gasteiger partial charge in [-0.25, -0.2) is 4.90 Å². The molecule has 0 radical (unpaired) electrons. The van der Waals surface area contributed by atoms with Crippen molar-refractivity contribution in [2.24, 2.45) is 11.8 Å². The molecule has 11 heteroatoms. The molecule has 2 aliphatic rings. The first-order valence-electron chi connectivity index (χ1n) is 11.4. The number of imide groups is 1. The number of carbonyl (C=O) groups is 5. The van der Waals surface area contributed by atoms with Gasteiger partial charge in [-0.3, -0.25) is 29.3 Å². The summed E-state index contributed by atoms with van der Waals surface area (Å²) in [5.41, 5.74) is -0.770. The van der Waals surface area contributed by atoms with Gasteiger partial charge in [-0.1, -0.05) is 6.07 Å². The van der Waals surface area contributed by atoms with E-state index >= 15 is 0 Å². The zero-order valence-corrected chi connectivity index (χ0v) is 20.6. The summed E-state index contributed by atoms with van der Waals surface area (Å²) in [5.74, 6) is -6.69. The van der Waals surface area contributed by atoms with Crippen LogP contribution in [0.15, 0.2) is 36.4 Å². The van der Waals surface area contributed by atoms with Crippen molar-refractivity contribution in [1.82, 2.24) is 5.32 Å². The third-order valence-corrected chi connectivity index (χ3v) is 7.14. The van der Waals surface area contributed by atoms with Crippen LogP contribution in [0.3, 0.4) is 0 Å². The van der Waals surface area contributed by atoms with Crippen LogP contribution in [0.1, 0.15) is 40.9 Å². The Hall–Kier alpha value is -4.25. The number of fused-ring (bicyclic) bond motifs is 1. The topological polar surface area (TPSA) is 160 Å². The summed E-state index contributed by atoms with van der Waals surface area (Å²) in [4.78, 5) is 64.5. The highest BCUT2D eigenvalue weighted by Gasteiger charge is 2.69. The minimum absolute atomic E-state index is 0.153. The van der Waals surface area contributed by atoms with Crippen LogP contribution in [0.25, 0.3) is 0 Å². The van der Waals surface area contributed by atoms with E-state index in [1.165, 1.54) is 45.4 Å². The molecule has 2 fully saturated rings. The van der Waals surface area contributed by atoms with Crippen molar-refractivity contribution in [2.45, 2.75) is 31.8 Å². The molecular formula is C26H26N2O9. The number of benzene rings is 2. The molecular weight excluding hydrogens is 484 g/mol. The molecule has 0 saturated carbocycles. The summed E-state index contributed by atoms with van der Waals surface area (Å²) in [5, 5.41) is 22.7. The second kappa shape index (κ2) is 9.32. The molecule has 4 atom stereocenters. The molecule has 0 spiro atoms. The van der Waals surface area contributed by atoms with Crippen molar-refractivity contribution in [2.75, 3.05) is 19.1 Å². The van der Waals surface area contributed by atoms with E-state index in [2.05, 4.69) is 5.32 Å². The van der Waals surface area contributed by atoms with Crippen molar-refractivity contribution >= 4 is 35.2 Å². The number of carboxylic acids is 2. The zero-order valence-electron chi connectivity index (χ0n) is 20.6. The van der Waals surface area contributed by atoms with Crippen LogP contribution in [0.2, 0.25) is 0 Å². The van der Waals surface area contributed by atoms with Crippen molar-refractivity contribution in [1.29, 1.82) is 0 Å². The van der Waals surface area contributed by atoms with E-state index in [1.54, 1.807) is 19.1 Å². The molecule has 2 aromatic carbocycles. The maximum absolute atomic E-state index is 13.8. The fourth-order valence-electron chi connectivity index (χ4n) is 5.47. The van der Waals surface area contributed by atoms with Crippen molar-refractivity contribution in [3.8, 4) is 11.5 Å². The van der Waals surface area contributed by atoms with Gasteiger partial charge in [-0.2, -0.15) is 0 Å². The summed E-state index contributed by atoms with van der Waals surface area (Å²) >= 11 is 0. The van der Waals surface area contributed by atoms with Gasteiger partial charge in [0.2, 0.25) is 11.8 Å². The fraction of sp³-hybridized carbons (Fsp3) is 0.346. The number of methoxy groups -OCH3 is 2. The number of carbonyl (C=O) groups excluding carboxylic acids is 3. The Morgan fingerprint density at radius 1 is 1.00 bits per heavy atom. The number of anilines is 1. The Bertz CT molecular complexity index is 1320. The van der Waals surface area contributed by atoms with E-state index in [1.807, 2.05) is 0 Å². The summed E-state index contributed by atoms with van der Waals surface area (Å²) < 4.78 is 10.9. The lowest BCUT2D eigenvalue weighted by Crippen LogP contribution is -2.57. The standard InChI is InChI=1S/C26H26N2O9/c1-12-17(36-3)10-9-16(22(12)37-4)21-19-20(26(27-21,25(34)35)11-18(30)31)24(33)28(23(19)32)15-7-5-14(6-8-15)13(2)29/h5-10,19-21,27H,11H2,1-4H3,(H,30,31)(H,34,35). The van der Waals surface area contributed by atoms with Gasteiger partial charge in [0.1, 0.15) is 17.0 Å². The molecule has 0 aliphatic carbocycles. The van der Waals surface area contributed by atoms with Gasteiger partial charge in [0.25, 0.3) is 0 Å². The van der Waals surface area contributed by atoms with Gasteiger partial charge in [-0.15, -0.1) is 0 Å². The number of amides is 2. The predicted molar refractivity (Wildman–Crippen MR) is 129 cm³/mol. The number of carboxylic acid groups (broad SMARTS) is 2. The smallest absolute Gasteiger partial charge is 0.325 e. The molecule has 4 rings (SSSR count). The van der Waals surface area contributed by atoms with Crippen molar-refractivity contribution in [3.05, 3.63) is 53.1 Å². The number of nitrogens with one attached hydrogen (secondary N) is 1. The van der Waals surface area contributed by atoms with E-state index in [4.69, 9.17) is 9.47 Å². The maximum Gasteiger partial charge on any atom is 0.325 e. The number of rotatable bonds is 8. The van der Waals surface area contributed by atoms with Gasteiger partial charge in [-0.05, 0) is 44.2 Å². The maximum atomic E-state index is 13.8. The summed E-state index contributed by atoms with van der Waals surface area (Å²) in [6.07, 6.45) is -0.937. The van der Waals surface area contributed by atoms with E-state index in [0.29, 0.717) is 28.2 Å². The van der Waals surface area contributed by atoms with Crippen LogP contribution in [-0.2, 0) is 19.2 Å². The van der Waals surface area contributed by atoms with Gasteiger partial charge < -0.3 is 19.7 Å². The average Bonchev–Trinajstić information content (AvgIpc) is 3.32. The number of ketones is 1. The largest absolute Gasteiger partial charge is 0.496 e. The molecule has 2 aliphatic heterocycles. The van der Waals surface area contributed by atoms with Crippen molar-refractivity contribution in [3.63, 3.8) is 0 Å². The SMILES string of the molecule is COc1ccc(C2NC(CC(=O)O)(C(=O)O)C3C(=O)N(c4ccc(C(C)=O)cc4)C(=O)C23)c(OC)c1C. The second-order valence-corrected chi connectivity index (χ2v) is 9.10. The average molecular weight is 510 g/mol. The van der Waals surface area contributed by atoms with Crippen LogP contribution >= 0.6 is 0 Å². The summed E-state index contributed by atoms with van der Waals surface area (Å²) in [6, 6.07) is 7.93. The molecule has 2 heterocycles. The predicted octanol–water partition coefficient (Wildman–Crippen LogP) is 1.96. The monoisotopic (exact) mass is 510 g/mol.